The number of aromatic nitrogens is 2. The highest BCUT2D eigenvalue weighted by atomic mass is 35.5. The van der Waals surface area contributed by atoms with E-state index in [-0.39, 0.29) is 6.04 Å². The molecule has 0 unspecified atom stereocenters. The SMILES string of the molecule is C[C@H](N)c1cncn1-c1ccc(Cl)cc1F. The molecule has 0 saturated carbocycles. The Morgan fingerprint density at radius 1 is 1.50 bits per heavy atom. The fourth-order valence-corrected chi connectivity index (χ4v) is 1.68. The lowest BCUT2D eigenvalue weighted by Gasteiger charge is -2.11. The molecule has 1 atom stereocenters. The van der Waals surface area contributed by atoms with Crippen molar-refractivity contribution >= 4 is 11.6 Å². The molecule has 5 heteroatoms. The summed E-state index contributed by atoms with van der Waals surface area (Å²) in [4.78, 5) is 3.97. The summed E-state index contributed by atoms with van der Waals surface area (Å²) in [6.07, 6.45) is 3.16. The van der Waals surface area contributed by atoms with Gasteiger partial charge < -0.3 is 5.73 Å². The normalized spacial score (nSPS) is 12.8. The molecule has 0 saturated heterocycles. The van der Waals surface area contributed by atoms with Gasteiger partial charge in [-0.2, -0.15) is 0 Å². The fraction of sp³-hybridized carbons (Fsp3) is 0.182. The number of nitrogens with two attached hydrogens (primary N) is 1. The van der Waals surface area contributed by atoms with Crippen LogP contribution in [0.2, 0.25) is 5.02 Å². The third-order valence-corrected chi connectivity index (χ3v) is 2.54. The molecule has 2 N–H and O–H groups in total. The number of rotatable bonds is 2. The summed E-state index contributed by atoms with van der Waals surface area (Å²) in [5.74, 6) is -0.396. The van der Waals surface area contributed by atoms with E-state index in [2.05, 4.69) is 4.98 Å². The molecule has 0 aliphatic carbocycles. The van der Waals surface area contributed by atoms with E-state index in [1.165, 1.54) is 12.4 Å². The molecule has 84 valence electrons. The van der Waals surface area contributed by atoms with Crippen molar-refractivity contribution in [2.45, 2.75) is 13.0 Å². The van der Waals surface area contributed by atoms with Crippen LogP contribution < -0.4 is 5.73 Å². The monoisotopic (exact) mass is 239 g/mol. The number of hydrogen-bond acceptors (Lipinski definition) is 2. The van der Waals surface area contributed by atoms with Gasteiger partial charge in [0.15, 0.2) is 0 Å². The number of halogens is 2. The van der Waals surface area contributed by atoms with Crippen molar-refractivity contribution in [3.63, 3.8) is 0 Å². The van der Waals surface area contributed by atoms with Crippen LogP contribution in [0.1, 0.15) is 18.7 Å². The van der Waals surface area contributed by atoms with E-state index in [4.69, 9.17) is 17.3 Å². The average Bonchev–Trinajstić information content (AvgIpc) is 2.66. The molecule has 0 aliphatic rings. The van der Waals surface area contributed by atoms with Gasteiger partial charge in [-0.3, -0.25) is 4.57 Å². The smallest absolute Gasteiger partial charge is 0.148 e. The van der Waals surface area contributed by atoms with Crippen LogP contribution in [0, 0.1) is 5.82 Å². The summed E-state index contributed by atoms with van der Waals surface area (Å²) in [7, 11) is 0. The second-order valence-electron chi connectivity index (χ2n) is 3.57. The van der Waals surface area contributed by atoms with Gasteiger partial charge in [0.25, 0.3) is 0 Å². The van der Waals surface area contributed by atoms with Crippen molar-refractivity contribution in [2.24, 2.45) is 5.73 Å². The largest absolute Gasteiger partial charge is 0.323 e. The number of nitrogens with zero attached hydrogens (tertiary/aromatic N) is 2. The summed E-state index contributed by atoms with van der Waals surface area (Å²) in [6, 6.07) is 4.29. The van der Waals surface area contributed by atoms with E-state index < -0.39 is 5.82 Å². The number of hydrogen-bond donors (Lipinski definition) is 1. The summed E-state index contributed by atoms with van der Waals surface area (Å²) >= 11 is 5.69. The Morgan fingerprint density at radius 3 is 2.88 bits per heavy atom. The van der Waals surface area contributed by atoms with Crippen LogP contribution in [0.3, 0.4) is 0 Å². The molecular formula is C11H11ClFN3. The Balaban J connectivity index is 2.54. The first-order valence-corrected chi connectivity index (χ1v) is 5.20. The number of benzene rings is 1. The molecule has 1 heterocycles. The second kappa shape index (κ2) is 4.23. The molecule has 2 aromatic rings. The molecule has 2 rings (SSSR count). The summed E-state index contributed by atoms with van der Waals surface area (Å²) < 4.78 is 15.3. The summed E-state index contributed by atoms with van der Waals surface area (Å²) in [5, 5.41) is 0.365. The lowest BCUT2D eigenvalue weighted by molar-refractivity contribution is 0.612. The van der Waals surface area contributed by atoms with Crippen molar-refractivity contribution < 1.29 is 4.39 Å². The van der Waals surface area contributed by atoms with Crippen molar-refractivity contribution in [1.29, 1.82) is 0 Å². The maximum Gasteiger partial charge on any atom is 0.148 e. The summed E-state index contributed by atoms with van der Waals surface area (Å²) in [6.45, 7) is 1.82. The standard InChI is InChI=1S/C11H11ClFN3/c1-7(14)11-5-15-6-16(11)10-3-2-8(12)4-9(10)13/h2-7H,14H2,1H3/t7-/m0/s1. The van der Waals surface area contributed by atoms with Gasteiger partial charge in [-0.15, -0.1) is 0 Å². The van der Waals surface area contributed by atoms with Gasteiger partial charge >= 0.3 is 0 Å². The predicted molar refractivity (Wildman–Crippen MR) is 61.1 cm³/mol. The van der Waals surface area contributed by atoms with Gasteiger partial charge in [0.1, 0.15) is 5.82 Å². The average molecular weight is 240 g/mol. The maximum absolute atomic E-state index is 13.7. The highest BCUT2D eigenvalue weighted by Gasteiger charge is 2.11. The van der Waals surface area contributed by atoms with Crippen LogP contribution in [0.25, 0.3) is 5.69 Å². The first kappa shape index (κ1) is 11.1. The third-order valence-electron chi connectivity index (χ3n) is 2.30. The van der Waals surface area contributed by atoms with E-state index in [0.29, 0.717) is 10.7 Å². The molecule has 3 nitrogen and oxygen atoms in total. The fourth-order valence-electron chi connectivity index (χ4n) is 1.52. The van der Waals surface area contributed by atoms with Crippen LogP contribution in [0.4, 0.5) is 4.39 Å². The minimum atomic E-state index is -0.396. The molecule has 0 fully saturated rings. The predicted octanol–water partition coefficient (Wildman–Crippen LogP) is 2.68. The van der Waals surface area contributed by atoms with E-state index in [1.54, 1.807) is 22.9 Å². The van der Waals surface area contributed by atoms with E-state index in [9.17, 15) is 4.39 Å². The zero-order valence-electron chi connectivity index (χ0n) is 8.69. The van der Waals surface area contributed by atoms with Crippen molar-refractivity contribution in [1.82, 2.24) is 9.55 Å². The summed E-state index contributed by atoms with van der Waals surface area (Å²) in [5.41, 5.74) is 6.92. The highest BCUT2D eigenvalue weighted by molar-refractivity contribution is 6.30. The first-order valence-electron chi connectivity index (χ1n) is 4.83. The lowest BCUT2D eigenvalue weighted by Crippen LogP contribution is -2.11. The Labute approximate surface area is 97.7 Å². The zero-order chi connectivity index (χ0) is 11.7. The lowest BCUT2D eigenvalue weighted by atomic mass is 10.2. The molecule has 0 bridgehead atoms. The van der Waals surface area contributed by atoms with E-state index >= 15 is 0 Å². The van der Waals surface area contributed by atoms with Gasteiger partial charge in [0.05, 0.1) is 23.9 Å². The minimum absolute atomic E-state index is 0.211. The molecule has 16 heavy (non-hydrogen) atoms. The molecule has 0 spiro atoms. The molecule has 0 amide bonds. The van der Waals surface area contributed by atoms with Crippen LogP contribution in [-0.2, 0) is 0 Å². The molecule has 0 radical (unpaired) electrons. The maximum atomic E-state index is 13.7. The number of imidazole rings is 1. The van der Waals surface area contributed by atoms with Crippen molar-refractivity contribution in [3.05, 3.63) is 47.3 Å². The van der Waals surface area contributed by atoms with Crippen LogP contribution in [-0.4, -0.2) is 9.55 Å². The molecule has 0 aliphatic heterocycles. The van der Waals surface area contributed by atoms with Gasteiger partial charge in [-0.25, -0.2) is 9.37 Å². The van der Waals surface area contributed by atoms with Gasteiger partial charge in [0, 0.05) is 11.1 Å². The molecule has 1 aromatic carbocycles. The molecule has 1 aromatic heterocycles. The van der Waals surface area contributed by atoms with E-state index in [1.807, 2.05) is 6.92 Å². The topological polar surface area (TPSA) is 43.8 Å². The van der Waals surface area contributed by atoms with Crippen molar-refractivity contribution in [3.8, 4) is 5.69 Å². The quantitative estimate of drug-likeness (QED) is 0.876. The van der Waals surface area contributed by atoms with Crippen LogP contribution >= 0.6 is 11.6 Å². The first-order chi connectivity index (χ1) is 7.59. The van der Waals surface area contributed by atoms with Crippen LogP contribution in [0.5, 0.6) is 0 Å². The van der Waals surface area contributed by atoms with Gasteiger partial charge in [-0.05, 0) is 25.1 Å². The Kier molecular flexibility index (Phi) is 2.94. The zero-order valence-corrected chi connectivity index (χ0v) is 9.45. The van der Waals surface area contributed by atoms with Crippen molar-refractivity contribution in [2.75, 3.05) is 0 Å². The molecular weight excluding hydrogens is 229 g/mol. The van der Waals surface area contributed by atoms with Gasteiger partial charge in [-0.1, -0.05) is 11.6 Å². The Morgan fingerprint density at radius 2 is 2.25 bits per heavy atom. The van der Waals surface area contributed by atoms with E-state index in [0.717, 1.165) is 5.69 Å². The highest BCUT2D eigenvalue weighted by Crippen LogP contribution is 2.21. The van der Waals surface area contributed by atoms with Gasteiger partial charge in [0.2, 0.25) is 0 Å². The minimum Gasteiger partial charge on any atom is -0.323 e. The Hall–Kier alpha value is -1.39. The third kappa shape index (κ3) is 1.94. The second-order valence-corrected chi connectivity index (χ2v) is 4.01. The Bertz CT molecular complexity index is 508. The van der Waals surface area contributed by atoms with Crippen LogP contribution in [0.15, 0.2) is 30.7 Å².